The van der Waals surface area contributed by atoms with Crippen LogP contribution < -0.4 is 10.6 Å². The minimum absolute atomic E-state index is 0.279. The van der Waals surface area contributed by atoms with Crippen LogP contribution in [0.3, 0.4) is 0 Å². The van der Waals surface area contributed by atoms with Crippen molar-refractivity contribution in [2.75, 3.05) is 11.9 Å². The molecular formula is C13H15N5S. The van der Waals surface area contributed by atoms with Gasteiger partial charge in [0.15, 0.2) is 0 Å². The summed E-state index contributed by atoms with van der Waals surface area (Å²) in [6.45, 7) is 2.57. The summed E-state index contributed by atoms with van der Waals surface area (Å²) < 4.78 is 0. The second-order valence-electron chi connectivity index (χ2n) is 4.28. The van der Waals surface area contributed by atoms with Crippen molar-refractivity contribution in [1.82, 2.24) is 15.0 Å². The SMILES string of the molecule is Cc1cc(C(N)=S)nc(N(C)Cc2cccnc2)n1. The topological polar surface area (TPSA) is 67.9 Å². The lowest BCUT2D eigenvalue weighted by Crippen LogP contribution is -2.22. The molecule has 0 aliphatic heterocycles. The first-order chi connectivity index (χ1) is 9.06. The fourth-order valence-electron chi connectivity index (χ4n) is 1.69. The summed E-state index contributed by atoms with van der Waals surface area (Å²) in [5.74, 6) is 0.603. The Morgan fingerprint density at radius 1 is 1.42 bits per heavy atom. The average Bonchev–Trinajstić information content (AvgIpc) is 2.39. The summed E-state index contributed by atoms with van der Waals surface area (Å²) in [6.07, 6.45) is 3.57. The number of hydrogen-bond donors (Lipinski definition) is 1. The monoisotopic (exact) mass is 273 g/mol. The third kappa shape index (κ3) is 3.45. The van der Waals surface area contributed by atoms with E-state index in [-0.39, 0.29) is 4.99 Å². The zero-order valence-corrected chi connectivity index (χ0v) is 11.7. The smallest absolute Gasteiger partial charge is 0.226 e. The molecule has 2 rings (SSSR count). The Labute approximate surface area is 117 Å². The van der Waals surface area contributed by atoms with Crippen LogP contribution in [-0.4, -0.2) is 27.0 Å². The molecule has 0 saturated carbocycles. The van der Waals surface area contributed by atoms with Gasteiger partial charge in [-0.25, -0.2) is 9.97 Å². The van der Waals surface area contributed by atoms with Crippen molar-refractivity contribution in [2.24, 2.45) is 5.73 Å². The first-order valence-corrected chi connectivity index (χ1v) is 6.22. The molecule has 0 aromatic carbocycles. The Morgan fingerprint density at radius 2 is 2.21 bits per heavy atom. The highest BCUT2D eigenvalue weighted by Crippen LogP contribution is 2.12. The zero-order chi connectivity index (χ0) is 13.8. The number of rotatable bonds is 4. The largest absolute Gasteiger partial charge is 0.388 e. The molecule has 0 aliphatic rings. The molecule has 0 spiro atoms. The van der Waals surface area contributed by atoms with Crippen LogP contribution >= 0.6 is 12.2 Å². The van der Waals surface area contributed by atoms with E-state index in [1.807, 2.05) is 37.2 Å². The Morgan fingerprint density at radius 3 is 2.84 bits per heavy atom. The molecule has 0 atom stereocenters. The Balaban J connectivity index is 2.24. The lowest BCUT2D eigenvalue weighted by molar-refractivity contribution is 0.853. The van der Waals surface area contributed by atoms with Gasteiger partial charge in [0.1, 0.15) is 10.7 Å². The number of aromatic nitrogens is 3. The molecule has 0 unspecified atom stereocenters. The predicted octanol–water partition coefficient (Wildman–Crippen LogP) is 1.45. The maximum Gasteiger partial charge on any atom is 0.226 e. The zero-order valence-electron chi connectivity index (χ0n) is 10.9. The van der Waals surface area contributed by atoms with Crippen molar-refractivity contribution >= 4 is 23.2 Å². The molecule has 0 saturated heterocycles. The van der Waals surface area contributed by atoms with Gasteiger partial charge in [0.2, 0.25) is 5.95 Å². The molecule has 0 fully saturated rings. The first-order valence-electron chi connectivity index (χ1n) is 5.82. The molecule has 6 heteroatoms. The fraction of sp³-hybridized carbons (Fsp3) is 0.231. The number of nitrogens with zero attached hydrogens (tertiary/aromatic N) is 4. The molecule has 98 valence electrons. The third-order valence-electron chi connectivity index (χ3n) is 2.58. The molecule has 2 aromatic heterocycles. The van der Waals surface area contributed by atoms with Crippen molar-refractivity contribution in [3.8, 4) is 0 Å². The van der Waals surface area contributed by atoms with Crippen LogP contribution in [0.4, 0.5) is 5.95 Å². The highest BCUT2D eigenvalue weighted by molar-refractivity contribution is 7.80. The summed E-state index contributed by atoms with van der Waals surface area (Å²) in [4.78, 5) is 15.1. The second kappa shape index (κ2) is 5.71. The number of aryl methyl sites for hydroxylation is 1. The highest BCUT2D eigenvalue weighted by atomic mass is 32.1. The van der Waals surface area contributed by atoms with E-state index < -0.39 is 0 Å². The van der Waals surface area contributed by atoms with Crippen molar-refractivity contribution < 1.29 is 0 Å². The van der Waals surface area contributed by atoms with E-state index in [0.29, 0.717) is 18.2 Å². The van der Waals surface area contributed by atoms with Gasteiger partial charge in [-0.15, -0.1) is 0 Å². The van der Waals surface area contributed by atoms with Gasteiger partial charge in [-0.2, -0.15) is 0 Å². The molecule has 2 N–H and O–H groups in total. The molecule has 2 aromatic rings. The molecule has 0 amide bonds. The molecule has 0 radical (unpaired) electrons. The minimum atomic E-state index is 0.279. The molecule has 2 heterocycles. The van der Waals surface area contributed by atoms with Crippen LogP contribution in [0.2, 0.25) is 0 Å². The van der Waals surface area contributed by atoms with Crippen molar-refractivity contribution in [1.29, 1.82) is 0 Å². The van der Waals surface area contributed by atoms with Crippen LogP contribution in [0, 0.1) is 6.92 Å². The molecule has 0 aliphatic carbocycles. The van der Waals surface area contributed by atoms with E-state index in [1.54, 1.807) is 12.3 Å². The average molecular weight is 273 g/mol. The Bertz CT molecular complexity index is 585. The first kappa shape index (κ1) is 13.4. The van der Waals surface area contributed by atoms with Crippen molar-refractivity contribution in [3.63, 3.8) is 0 Å². The van der Waals surface area contributed by atoms with Crippen LogP contribution in [0.15, 0.2) is 30.6 Å². The van der Waals surface area contributed by atoms with Crippen LogP contribution in [-0.2, 0) is 6.54 Å². The molecule has 19 heavy (non-hydrogen) atoms. The van der Waals surface area contributed by atoms with E-state index >= 15 is 0 Å². The van der Waals surface area contributed by atoms with Gasteiger partial charge in [-0.1, -0.05) is 18.3 Å². The van der Waals surface area contributed by atoms with Gasteiger partial charge < -0.3 is 10.6 Å². The summed E-state index contributed by atoms with van der Waals surface area (Å²) in [5.41, 5.74) is 8.14. The van der Waals surface area contributed by atoms with E-state index in [2.05, 4.69) is 15.0 Å². The van der Waals surface area contributed by atoms with Gasteiger partial charge in [0.25, 0.3) is 0 Å². The summed E-state index contributed by atoms with van der Waals surface area (Å²) >= 11 is 4.96. The summed E-state index contributed by atoms with van der Waals surface area (Å²) in [6, 6.07) is 5.69. The maximum absolute atomic E-state index is 5.62. The number of pyridine rings is 1. The summed E-state index contributed by atoms with van der Waals surface area (Å²) in [7, 11) is 1.92. The van der Waals surface area contributed by atoms with E-state index in [0.717, 1.165) is 11.3 Å². The lowest BCUT2D eigenvalue weighted by Gasteiger charge is -2.18. The van der Waals surface area contributed by atoms with E-state index in [1.165, 1.54) is 0 Å². The Hall–Kier alpha value is -2.08. The summed E-state index contributed by atoms with van der Waals surface area (Å²) in [5, 5.41) is 0. The van der Waals surface area contributed by atoms with Gasteiger partial charge in [0.05, 0.1) is 0 Å². The third-order valence-corrected chi connectivity index (χ3v) is 2.79. The molecule has 0 bridgehead atoms. The second-order valence-corrected chi connectivity index (χ2v) is 4.72. The van der Waals surface area contributed by atoms with Crippen molar-refractivity contribution in [2.45, 2.75) is 13.5 Å². The van der Waals surface area contributed by atoms with Gasteiger partial charge in [-0.3, -0.25) is 4.98 Å². The maximum atomic E-state index is 5.62. The Kier molecular flexibility index (Phi) is 4.01. The number of thiocarbonyl (C=S) groups is 1. The quantitative estimate of drug-likeness (QED) is 0.850. The van der Waals surface area contributed by atoms with Gasteiger partial charge in [0, 0.05) is 31.7 Å². The van der Waals surface area contributed by atoms with Crippen LogP contribution in [0.5, 0.6) is 0 Å². The van der Waals surface area contributed by atoms with Gasteiger partial charge >= 0.3 is 0 Å². The normalized spacial score (nSPS) is 10.2. The number of anilines is 1. The van der Waals surface area contributed by atoms with Gasteiger partial charge in [-0.05, 0) is 24.6 Å². The van der Waals surface area contributed by atoms with Crippen LogP contribution in [0.1, 0.15) is 17.0 Å². The minimum Gasteiger partial charge on any atom is -0.388 e. The van der Waals surface area contributed by atoms with E-state index in [9.17, 15) is 0 Å². The highest BCUT2D eigenvalue weighted by Gasteiger charge is 2.09. The van der Waals surface area contributed by atoms with E-state index in [4.69, 9.17) is 18.0 Å². The lowest BCUT2D eigenvalue weighted by atomic mass is 10.3. The molecule has 5 nitrogen and oxygen atoms in total. The van der Waals surface area contributed by atoms with Crippen LogP contribution in [0.25, 0.3) is 0 Å². The number of hydrogen-bond acceptors (Lipinski definition) is 5. The standard InChI is InChI=1S/C13H15N5S/c1-9-6-11(12(14)19)17-13(16-9)18(2)8-10-4-3-5-15-7-10/h3-7H,8H2,1-2H3,(H2,14,19). The fourth-order valence-corrected chi connectivity index (χ4v) is 1.79. The number of nitrogens with two attached hydrogens (primary N) is 1. The predicted molar refractivity (Wildman–Crippen MR) is 79.0 cm³/mol. The van der Waals surface area contributed by atoms with Crippen molar-refractivity contribution in [3.05, 3.63) is 47.5 Å². The molecular weight excluding hydrogens is 258 g/mol.